The van der Waals surface area contributed by atoms with E-state index in [1.54, 1.807) is 0 Å². The Labute approximate surface area is 74.9 Å². The average Bonchev–Trinajstić information content (AvgIpc) is 2.04. The molecule has 0 aromatic carbocycles. The van der Waals surface area contributed by atoms with Crippen LogP contribution in [0.3, 0.4) is 0 Å². The van der Waals surface area contributed by atoms with Crippen LogP contribution in [0.15, 0.2) is 0 Å². The maximum absolute atomic E-state index is 2.60. The Morgan fingerprint density at radius 2 is 1.75 bits per heavy atom. The van der Waals surface area contributed by atoms with E-state index >= 15 is 0 Å². The lowest BCUT2D eigenvalue weighted by Gasteiger charge is -2.53. The van der Waals surface area contributed by atoms with E-state index in [1.165, 1.54) is 26.2 Å². The van der Waals surface area contributed by atoms with Crippen molar-refractivity contribution in [1.82, 2.24) is 14.7 Å². The van der Waals surface area contributed by atoms with Crippen molar-refractivity contribution in [2.24, 2.45) is 0 Å². The third-order valence-electron chi connectivity index (χ3n) is 3.21. The fourth-order valence-electron chi connectivity index (χ4n) is 2.38. The van der Waals surface area contributed by atoms with Crippen molar-refractivity contribution in [2.45, 2.75) is 19.1 Å². The summed E-state index contributed by atoms with van der Waals surface area (Å²) in [4.78, 5) is 7.54. The molecule has 3 fully saturated rings. The Bertz CT molecular complexity index is 169. The zero-order chi connectivity index (χ0) is 8.72. The number of rotatable bonds is 1. The first kappa shape index (κ1) is 8.48. The molecule has 3 rings (SSSR count). The van der Waals surface area contributed by atoms with E-state index in [0.29, 0.717) is 6.17 Å². The van der Waals surface area contributed by atoms with Gasteiger partial charge in [-0.25, -0.2) is 0 Å². The molecule has 0 saturated carbocycles. The second kappa shape index (κ2) is 2.98. The van der Waals surface area contributed by atoms with Crippen LogP contribution in [0.25, 0.3) is 0 Å². The largest absolute Gasteiger partial charge is 0.295 e. The number of likely N-dealkylation sites (N-methyl/N-ethyl adjacent to an activating group) is 1. The molecule has 0 radical (unpaired) electrons. The molecular formula is C9H19N3. The van der Waals surface area contributed by atoms with E-state index in [0.717, 1.165) is 6.04 Å². The number of fused-ring (bicyclic) bond motifs is 3. The monoisotopic (exact) mass is 169 g/mol. The average molecular weight is 169 g/mol. The van der Waals surface area contributed by atoms with Crippen molar-refractivity contribution in [1.29, 1.82) is 0 Å². The highest BCUT2D eigenvalue weighted by atomic mass is 15.4. The van der Waals surface area contributed by atoms with Gasteiger partial charge in [0.15, 0.2) is 0 Å². The molecule has 12 heavy (non-hydrogen) atoms. The first-order valence-electron chi connectivity index (χ1n) is 4.83. The molecule has 4 unspecified atom stereocenters. The highest BCUT2D eigenvalue weighted by Crippen LogP contribution is 2.21. The van der Waals surface area contributed by atoms with Crippen LogP contribution >= 0.6 is 0 Å². The SMILES string of the molecule is CC1CN2CCN1CC2N(C)C. The second-order valence-electron chi connectivity index (χ2n) is 4.28. The normalized spacial score (nSPS) is 47.0. The number of hydrogen-bond acceptors (Lipinski definition) is 3. The summed E-state index contributed by atoms with van der Waals surface area (Å²) in [5, 5.41) is 0. The number of piperazine rings is 3. The Morgan fingerprint density at radius 1 is 1.08 bits per heavy atom. The first-order chi connectivity index (χ1) is 5.68. The van der Waals surface area contributed by atoms with Crippen molar-refractivity contribution in [3.63, 3.8) is 0 Å². The van der Waals surface area contributed by atoms with Crippen molar-refractivity contribution >= 4 is 0 Å². The highest BCUT2D eigenvalue weighted by Gasteiger charge is 2.36. The maximum Gasteiger partial charge on any atom is 0.0749 e. The molecule has 0 spiro atoms. The van der Waals surface area contributed by atoms with Gasteiger partial charge in [0.25, 0.3) is 0 Å². The van der Waals surface area contributed by atoms with E-state index in [4.69, 9.17) is 0 Å². The molecule has 3 heterocycles. The van der Waals surface area contributed by atoms with Gasteiger partial charge in [-0.1, -0.05) is 0 Å². The lowest BCUT2D eigenvalue weighted by molar-refractivity contribution is -0.0727. The van der Waals surface area contributed by atoms with Crippen LogP contribution in [-0.2, 0) is 0 Å². The summed E-state index contributed by atoms with van der Waals surface area (Å²) in [6, 6.07) is 0.773. The molecule has 0 amide bonds. The first-order valence-corrected chi connectivity index (χ1v) is 4.83. The Morgan fingerprint density at radius 3 is 2.17 bits per heavy atom. The van der Waals surface area contributed by atoms with Crippen molar-refractivity contribution in [3.8, 4) is 0 Å². The van der Waals surface area contributed by atoms with Crippen LogP contribution in [0.2, 0.25) is 0 Å². The van der Waals surface area contributed by atoms with Gasteiger partial charge < -0.3 is 0 Å². The molecule has 3 aliphatic rings. The van der Waals surface area contributed by atoms with Gasteiger partial charge >= 0.3 is 0 Å². The Balaban J connectivity index is 2.05. The van der Waals surface area contributed by atoms with Crippen molar-refractivity contribution < 1.29 is 0 Å². The van der Waals surface area contributed by atoms with E-state index in [9.17, 15) is 0 Å². The van der Waals surface area contributed by atoms with E-state index in [2.05, 4.69) is 35.7 Å². The second-order valence-corrected chi connectivity index (χ2v) is 4.28. The van der Waals surface area contributed by atoms with E-state index in [1.807, 2.05) is 0 Å². The van der Waals surface area contributed by atoms with Gasteiger partial charge in [-0.3, -0.25) is 14.7 Å². The maximum atomic E-state index is 2.60. The van der Waals surface area contributed by atoms with Crippen LogP contribution in [0, 0.1) is 0 Å². The van der Waals surface area contributed by atoms with Crippen LogP contribution in [0.4, 0.5) is 0 Å². The summed E-state index contributed by atoms with van der Waals surface area (Å²) in [5.74, 6) is 0. The summed E-state index contributed by atoms with van der Waals surface area (Å²) in [6.07, 6.45) is 0.662. The van der Waals surface area contributed by atoms with E-state index in [-0.39, 0.29) is 0 Å². The molecular weight excluding hydrogens is 150 g/mol. The van der Waals surface area contributed by atoms with Crippen LogP contribution in [0.1, 0.15) is 6.92 Å². The minimum absolute atomic E-state index is 0.662. The predicted molar refractivity (Wildman–Crippen MR) is 50.1 cm³/mol. The smallest absolute Gasteiger partial charge is 0.0749 e. The topological polar surface area (TPSA) is 9.72 Å². The predicted octanol–water partition coefficient (Wildman–Crippen LogP) is -0.106. The quantitative estimate of drug-likeness (QED) is 0.542. The number of hydrogen-bond donors (Lipinski definition) is 0. The van der Waals surface area contributed by atoms with Gasteiger partial charge in [0.2, 0.25) is 0 Å². The zero-order valence-electron chi connectivity index (χ0n) is 8.32. The molecule has 3 saturated heterocycles. The van der Waals surface area contributed by atoms with Gasteiger partial charge in [-0.15, -0.1) is 0 Å². The Hall–Kier alpha value is -0.120. The molecule has 3 nitrogen and oxygen atoms in total. The third-order valence-corrected chi connectivity index (χ3v) is 3.21. The van der Waals surface area contributed by atoms with Gasteiger partial charge in [0.05, 0.1) is 6.17 Å². The Kier molecular flexibility index (Phi) is 2.10. The van der Waals surface area contributed by atoms with Gasteiger partial charge in [0.1, 0.15) is 0 Å². The summed E-state index contributed by atoms with van der Waals surface area (Å²) >= 11 is 0. The summed E-state index contributed by atoms with van der Waals surface area (Å²) in [7, 11) is 4.36. The molecule has 0 aliphatic carbocycles. The van der Waals surface area contributed by atoms with E-state index < -0.39 is 0 Å². The molecule has 70 valence electrons. The van der Waals surface area contributed by atoms with Gasteiger partial charge in [-0.05, 0) is 21.0 Å². The van der Waals surface area contributed by atoms with Crippen molar-refractivity contribution in [3.05, 3.63) is 0 Å². The highest BCUT2D eigenvalue weighted by molar-refractivity contribution is 4.90. The molecule has 4 atom stereocenters. The van der Waals surface area contributed by atoms with Crippen LogP contribution in [-0.4, -0.2) is 67.2 Å². The van der Waals surface area contributed by atoms with Crippen molar-refractivity contribution in [2.75, 3.05) is 40.3 Å². The molecule has 0 aromatic heterocycles. The van der Waals surface area contributed by atoms with Gasteiger partial charge in [0, 0.05) is 32.2 Å². The van der Waals surface area contributed by atoms with Crippen LogP contribution < -0.4 is 0 Å². The summed E-state index contributed by atoms with van der Waals surface area (Å²) in [6.45, 7) is 7.34. The van der Waals surface area contributed by atoms with Crippen LogP contribution in [0.5, 0.6) is 0 Å². The molecule has 3 aliphatic heterocycles. The summed E-state index contributed by atoms with van der Waals surface area (Å²) < 4.78 is 0. The lowest BCUT2D eigenvalue weighted by atomic mass is 10.1. The molecule has 2 bridgehead atoms. The molecule has 0 aromatic rings. The third kappa shape index (κ3) is 1.26. The fourth-order valence-corrected chi connectivity index (χ4v) is 2.38. The molecule has 0 N–H and O–H groups in total. The molecule has 3 heteroatoms. The van der Waals surface area contributed by atoms with Gasteiger partial charge in [-0.2, -0.15) is 0 Å². The fraction of sp³-hybridized carbons (Fsp3) is 1.00. The standard InChI is InChI=1S/C9H19N3/c1-8-6-12-5-4-11(8)7-9(12)10(2)3/h8-9H,4-7H2,1-3H3. The minimum atomic E-state index is 0.662. The minimum Gasteiger partial charge on any atom is -0.295 e. The lowest BCUT2D eigenvalue weighted by Crippen LogP contribution is -2.67. The zero-order valence-corrected chi connectivity index (χ0v) is 8.32. The number of nitrogens with zero attached hydrogens (tertiary/aromatic N) is 3. The summed E-state index contributed by atoms with van der Waals surface area (Å²) in [5.41, 5.74) is 0.